The van der Waals surface area contributed by atoms with Crippen LogP contribution in [0.15, 0.2) is 42.5 Å². The molecule has 0 aliphatic carbocycles. The zero-order valence-electron chi connectivity index (χ0n) is 13.6. The van der Waals surface area contributed by atoms with E-state index in [1.54, 1.807) is 31.2 Å². The number of ether oxygens (including phenoxy) is 2. The van der Waals surface area contributed by atoms with Crippen LogP contribution in [-0.2, 0) is 6.61 Å². The van der Waals surface area contributed by atoms with Crippen molar-refractivity contribution in [2.24, 2.45) is 0 Å². The van der Waals surface area contributed by atoms with Crippen molar-refractivity contribution in [2.75, 3.05) is 13.7 Å². The minimum Gasteiger partial charge on any atom is -0.496 e. The van der Waals surface area contributed by atoms with Crippen LogP contribution in [0, 0.1) is 5.82 Å². The molecule has 0 aromatic heterocycles. The third-order valence-electron chi connectivity index (χ3n) is 3.29. The van der Waals surface area contributed by atoms with Crippen LogP contribution < -0.4 is 14.8 Å². The first kappa shape index (κ1) is 17.7. The number of hydrogen-bond acceptors (Lipinski definition) is 4. The topological polar surface area (TPSA) is 67.8 Å². The molecule has 0 radical (unpaired) electrons. The Morgan fingerprint density at radius 2 is 2.08 bits per heavy atom. The van der Waals surface area contributed by atoms with Crippen LogP contribution in [0.25, 0.3) is 0 Å². The van der Waals surface area contributed by atoms with Gasteiger partial charge in [-0.2, -0.15) is 0 Å². The number of benzene rings is 2. The Kier molecular flexibility index (Phi) is 6.14. The Bertz CT molecular complexity index is 703. The average Bonchev–Trinajstić information content (AvgIpc) is 2.58. The molecule has 2 rings (SSSR count). The fraction of sp³-hybridized carbons (Fsp3) is 0.278. The Balaban J connectivity index is 2.05. The first-order valence-corrected chi connectivity index (χ1v) is 7.51. The molecular formula is C18H20FNO4. The van der Waals surface area contributed by atoms with Crippen molar-refractivity contribution in [3.8, 4) is 11.5 Å². The number of rotatable bonds is 7. The van der Waals surface area contributed by atoms with E-state index in [1.807, 2.05) is 0 Å². The number of nitrogens with one attached hydrogen (secondary N) is 1. The van der Waals surface area contributed by atoms with Crippen LogP contribution in [0.2, 0.25) is 0 Å². The molecule has 128 valence electrons. The van der Waals surface area contributed by atoms with Gasteiger partial charge in [0.1, 0.15) is 23.9 Å². The lowest BCUT2D eigenvalue weighted by atomic mass is 10.2. The Morgan fingerprint density at radius 1 is 1.29 bits per heavy atom. The molecule has 1 atom stereocenters. The van der Waals surface area contributed by atoms with Crippen molar-refractivity contribution < 1.29 is 23.8 Å². The summed E-state index contributed by atoms with van der Waals surface area (Å²) in [5.41, 5.74) is 0.987. The van der Waals surface area contributed by atoms with E-state index < -0.39 is 6.10 Å². The smallest absolute Gasteiger partial charge is 0.251 e. The second-order valence-electron chi connectivity index (χ2n) is 5.33. The first-order valence-electron chi connectivity index (χ1n) is 7.51. The molecule has 0 aliphatic heterocycles. The van der Waals surface area contributed by atoms with Gasteiger partial charge >= 0.3 is 0 Å². The number of hydrogen-bond donors (Lipinski definition) is 2. The fourth-order valence-corrected chi connectivity index (χ4v) is 2.09. The Morgan fingerprint density at radius 3 is 2.79 bits per heavy atom. The zero-order chi connectivity index (χ0) is 17.5. The molecule has 0 saturated heterocycles. The highest BCUT2D eigenvalue weighted by Crippen LogP contribution is 2.22. The molecule has 2 aromatic rings. The van der Waals surface area contributed by atoms with E-state index in [4.69, 9.17) is 9.47 Å². The van der Waals surface area contributed by atoms with Gasteiger partial charge in [-0.25, -0.2) is 4.39 Å². The highest BCUT2D eigenvalue weighted by atomic mass is 19.1. The maximum atomic E-state index is 13.3. The number of methoxy groups -OCH3 is 1. The zero-order valence-corrected chi connectivity index (χ0v) is 13.6. The van der Waals surface area contributed by atoms with E-state index in [-0.39, 0.29) is 24.9 Å². The van der Waals surface area contributed by atoms with Crippen LogP contribution in [0.4, 0.5) is 4.39 Å². The van der Waals surface area contributed by atoms with E-state index in [1.165, 1.54) is 25.3 Å². The summed E-state index contributed by atoms with van der Waals surface area (Å²) in [5.74, 6) is 0.332. The number of carbonyl (C=O) groups is 1. The maximum absolute atomic E-state index is 13.3. The van der Waals surface area contributed by atoms with Crippen molar-refractivity contribution in [2.45, 2.75) is 19.6 Å². The van der Waals surface area contributed by atoms with E-state index >= 15 is 0 Å². The van der Waals surface area contributed by atoms with Crippen LogP contribution in [0.1, 0.15) is 22.8 Å². The van der Waals surface area contributed by atoms with Gasteiger partial charge in [0.2, 0.25) is 0 Å². The summed E-state index contributed by atoms with van der Waals surface area (Å²) in [7, 11) is 1.50. The Hall–Kier alpha value is -2.60. The van der Waals surface area contributed by atoms with Gasteiger partial charge in [0.05, 0.1) is 13.2 Å². The van der Waals surface area contributed by atoms with Gasteiger partial charge in [0.15, 0.2) is 0 Å². The molecule has 5 nitrogen and oxygen atoms in total. The average molecular weight is 333 g/mol. The van der Waals surface area contributed by atoms with Gasteiger partial charge in [-0.1, -0.05) is 6.07 Å². The SMILES string of the molecule is COc1ccc(F)cc1COc1cccc(C(=O)NC[C@@H](C)O)c1. The second-order valence-corrected chi connectivity index (χ2v) is 5.33. The lowest BCUT2D eigenvalue weighted by Gasteiger charge is -2.12. The third kappa shape index (κ3) is 4.96. The molecule has 0 unspecified atom stereocenters. The normalized spacial score (nSPS) is 11.7. The summed E-state index contributed by atoms with van der Waals surface area (Å²) in [6.07, 6.45) is -0.617. The van der Waals surface area contributed by atoms with E-state index in [9.17, 15) is 14.3 Å². The molecule has 2 aromatic carbocycles. The van der Waals surface area contributed by atoms with Crippen LogP contribution in [0.5, 0.6) is 11.5 Å². The summed E-state index contributed by atoms with van der Waals surface area (Å²) >= 11 is 0. The Labute approximate surface area is 140 Å². The molecule has 0 spiro atoms. The summed E-state index contributed by atoms with van der Waals surface area (Å²) in [4.78, 5) is 12.0. The molecule has 1 amide bonds. The highest BCUT2D eigenvalue weighted by molar-refractivity contribution is 5.94. The fourth-order valence-electron chi connectivity index (χ4n) is 2.09. The van der Waals surface area contributed by atoms with Crippen molar-refractivity contribution in [1.82, 2.24) is 5.32 Å². The van der Waals surface area contributed by atoms with Gasteiger partial charge in [0.25, 0.3) is 5.91 Å². The van der Waals surface area contributed by atoms with Gasteiger partial charge in [0, 0.05) is 17.7 Å². The summed E-state index contributed by atoms with van der Waals surface area (Å²) in [6, 6.07) is 10.8. The lowest BCUT2D eigenvalue weighted by Crippen LogP contribution is -2.30. The van der Waals surface area contributed by atoms with Crippen LogP contribution in [0.3, 0.4) is 0 Å². The first-order chi connectivity index (χ1) is 11.5. The molecular weight excluding hydrogens is 313 g/mol. The number of amides is 1. The maximum Gasteiger partial charge on any atom is 0.251 e. The molecule has 2 N–H and O–H groups in total. The third-order valence-corrected chi connectivity index (χ3v) is 3.29. The van der Waals surface area contributed by atoms with Crippen molar-refractivity contribution in [3.63, 3.8) is 0 Å². The van der Waals surface area contributed by atoms with Gasteiger partial charge in [-0.3, -0.25) is 4.79 Å². The standard InChI is InChI=1S/C18H20FNO4/c1-12(21)10-20-18(22)13-4-3-5-16(9-13)24-11-14-8-15(19)6-7-17(14)23-2/h3-9,12,21H,10-11H2,1-2H3,(H,20,22)/t12-/m1/s1. The molecule has 0 aliphatic rings. The monoisotopic (exact) mass is 333 g/mol. The summed E-state index contributed by atoms with van der Waals surface area (Å²) < 4.78 is 24.1. The van der Waals surface area contributed by atoms with Gasteiger partial charge in [-0.15, -0.1) is 0 Å². The predicted octanol–water partition coefficient (Wildman–Crippen LogP) is 2.52. The highest BCUT2D eigenvalue weighted by Gasteiger charge is 2.09. The summed E-state index contributed by atoms with van der Waals surface area (Å²) in [6.45, 7) is 1.87. The van der Waals surface area contributed by atoms with Crippen molar-refractivity contribution in [1.29, 1.82) is 0 Å². The number of aliphatic hydroxyl groups is 1. The molecule has 6 heteroatoms. The second kappa shape index (κ2) is 8.31. The molecule has 0 saturated carbocycles. The van der Waals surface area contributed by atoms with Crippen LogP contribution >= 0.6 is 0 Å². The quantitative estimate of drug-likeness (QED) is 0.817. The van der Waals surface area contributed by atoms with Crippen molar-refractivity contribution >= 4 is 5.91 Å². The number of aliphatic hydroxyl groups excluding tert-OH is 1. The van der Waals surface area contributed by atoms with Gasteiger partial charge < -0.3 is 19.9 Å². The van der Waals surface area contributed by atoms with Crippen molar-refractivity contribution in [3.05, 3.63) is 59.4 Å². The van der Waals surface area contributed by atoms with Gasteiger partial charge in [-0.05, 0) is 43.3 Å². The molecule has 0 bridgehead atoms. The number of carbonyl (C=O) groups excluding carboxylic acids is 1. The number of halogens is 1. The molecule has 0 fully saturated rings. The lowest BCUT2D eigenvalue weighted by molar-refractivity contribution is 0.0923. The van der Waals surface area contributed by atoms with E-state index in [0.29, 0.717) is 22.6 Å². The largest absolute Gasteiger partial charge is 0.496 e. The van der Waals surface area contributed by atoms with E-state index in [2.05, 4.69) is 5.32 Å². The minimum atomic E-state index is -0.617. The van der Waals surface area contributed by atoms with Crippen LogP contribution in [-0.4, -0.2) is 30.8 Å². The predicted molar refractivity (Wildman–Crippen MR) is 87.7 cm³/mol. The van der Waals surface area contributed by atoms with E-state index in [0.717, 1.165) is 0 Å². The molecule has 24 heavy (non-hydrogen) atoms. The summed E-state index contributed by atoms with van der Waals surface area (Å²) in [5, 5.41) is 11.8. The molecule has 0 heterocycles. The minimum absolute atomic E-state index is 0.111.